The lowest BCUT2D eigenvalue weighted by molar-refractivity contribution is 0.188. The molecule has 0 radical (unpaired) electrons. The van der Waals surface area contributed by atoms with Crippen LogP contribution >= 0.6 is 24.0 Å². The monoisotopic (exact) mass is 468 g/mol. The Labute approximate surface area is 190 Å². The van der Waals surface area contributed by atoms with E-state index in [0.717, 1.165) is 36.3 Å². The van der Waals surface area contributed by atoms with Crippen molar-refractivity contribution in [3.8, 4) is 0 Å². The number of aryl methyl sites for hydroxylation is 1. The van der Waals surface area contributed by atoms with Crippen molar-refractivity contribution in [2.24, 2.45) is 14.1 Å². The molecule has 4 rings (SSSR count). The van der Waals surface area contributed by atoms with Gasteiger partial charge >= 0.3 is 5.69 Å². The maximum atomic E-state index is 13.0. The molecule has 0 amide bonds. The second-order valence-electron chi connectivity index (χ2n) is 7.55. The van der Waals surface area contributed by atoms with E-state index < -0.39 is 5.69 Å². The van der Waals surface area contributed by atoms with Crippen LogP contribution in [0.25, 0.3) is 11.2 Å². The van der Waals surface area contributed by atoms with E-state index >= 15 is 0 Å². The van der Waals surface area contributed by atoms with Gasteiger partial charge in [0.2, 0.25) is 5.95 Å². The van der Waals surface area contributed by atoms with E-state index in [2.05, 4.69) is 9.80 Å². The Bertz CT molecular complexity index is 1180. The second kappa shape index (κ2) is 9.44. The maximum absolute atomic E-state index is 13.0. The third kappa shape index (κ3) is 4.36. The predicted molar refractivity (Wildman–Crippen MR) is 124 cm³/mol. The lowest BCUT2D eigenvalue weighted by Crippen LogP contribution is -2.48. The highest BCUT2D eigenvalue weighted by molar-refractivity contribution is 6.30. The maximum Gasteiger partial charge on any atom is 0.332 e. The third-order valence-electron chi connectivity index (χ3n) is 5.65. The van der Waals surface area contributed by atoms with Gasteiger partial charge in [0.25, 0.3) is 5.56 Å². The highest BCUT2D eigenvalue weighted by atomic mass is 35.5. The molecule has 3 heterocycles. The molecule has 9 nitrogen and oxygen atoms in total. The average molecular weight is 469 g/mol. The number of fused-ring (bicyclic) bond motifs is 1. The van der Waals surface area contributed by atoms with Crippen LogP contribution in [0.1, 0.15) is 5.56 Å². The Morgan fingerprint density at radius 2 is 1.68 bits per heavy atom. The minimum Gasteiger partial charge on any atom is -0.395 e. The number of rotatable bonds is 5. The lowest BCUT2D eigenvalue weighted by atomic mass is 10.2. The summed E-state index contributed by atoms with van der Waals surface area (Å²) in [5.41, 5.74) is 1.00. The molecule has 11 heteroatoms. The molecule has 0 spiro atoms. The molecule has 0 saturated carbocycles. The number of nitrogens with zero attached hydrogens (tertiary/aromatic N) is 6. The molecule has 1 fully saturated rings. The summed E-state index contributed by atoms with van der Waals surface area (Å²) in [6, 6.07) is 7.47. The number of benzene rings is 1. The highest BCUT2D eigenvalue weighted by Crippen LogP contribution is 2.23. The summed E-state index contributed by atoms with van der Waals surface area (Å²) in [6.07, 6.45) is 0. The van der Waals surface area contributed by atoms with Crippen LogP contribution in [0.5, 0.6) is 0 Å². The van der Waals surface area contributed by atoms with E-state index in [1.165, 1.54) is 11.6 Å². The van der Waals surface area contributed by atoms with Crippen LogP contribution in [-0.2, 0) is 20.6 Å². The van der Waals surface area contributed by atoms with Crippen molar-refractivity contribution in [3.05, 3.63) is 55.7 Å². The SMILES string of the molecule is Cl.Cn1c(=O)c2c(nc(N3CCN(CCO)CC3)n2Cc2ccc(Cl)cc2)n(C)c1=O. The normalized spacial score (nSPS) is 14.8. The fourth-order valence-corrected chi connectivity index (χ4v) is 4.04. The standard InChI is InChI=1S/C20H25ClN6O3.ClH/c1-23-17-16(18(29)24(2)20(23)30)27(13-14-3-5-15(21)6-4-14)19(22-17)26-9-7-25(8-10-26)11-12-28;/h3-6,28H,7-13H2,1-2H3;1H. The molecule has 0 aliphatic carbocycles. The number of piperazine rings is 1. The summed E-state index contributed by atoms with van der Waals surface area (Å²) in [4.78, 5) is 34.5. The fourth-order valence-electron chi connectivity index (χ4n) is 3.91. The zero-order valence-corrected chi connectivity index (χ0v) is 19.1. The molecule has 0 unspecified atom stereocenters. The van der Waals surface area contributed by atoms with Gasteiger partial charge in [0.15, 0.2) is 11.2 Å². The van der Waals surface area contributed by atoms with Gasteiger partial charge in [-0.15, -0.1) is 12.4 Å². The molecule has 1 N–H and O–H groups in total. The van der Waals surface area contributed by atoms with Gasteiger partial charge in [-0.2, -0.15) is 4.98 Å². The first-order valence-corrected chi connectivity index (χ1v) is 10.3. The summed E-state index contributed by atoms with van der Waals surface area (Å²) < 4.78 is 4.42. The zero-order valence-electron chi connectivity index (χ0n) is 17.5. The number of halogens is 2. The van der Waals surface area contributed by atoms with Gasteiger partial charge in [-0.05, 0) is 17.7 Å². The quantitative estimate of drug-likeness (QED) is 0.591. The van der Waals surface area contributed by atoms with E-state index in [4.69, 9.17) is 16.6 Å². The number of imidazole rings is 1. The molecule has 3 aromatic rings. The summed E-state index contributed by atoms with van der Waals surface area (Å²) in [5, 5.41) is 9.83. The summed E-state index contributed by atoms with van der Waals surface area (Å²) >= 11 is 6.02. The molecule has 1 aliphatic heterocycles. The molecule has 168 valence electrons. The number of aliphatic hydroxyl groups excluding tert-OH is 1. The molecular weight excluding hydrogens is 443 g/mol. The van der Waals surface area contributed by atoms with Crippen LogP contribution in [0.3, 0.4) is 0 Å². The highest BCUT2D eigenvalue weighted by Gasteiger charge is 2.25. The average Bonchev–Trinajstić information content (AvgIpc) is 3.12. The van der Waals surface area contributed by atoms with Crippen molar-refractivity contribution < 1.29 is 5.11 Å². The fraction of sp³-hybridized carbons (Fsp3) is 0.450. The van der Waals surface area contributed by atoms with Crippen LogP contribution in [0.2, 0.25) is 5.02 Å². The van der Waals surface area contributed by atoms with Crippen LogP contribution < -0.4 is 16.1 Å². The Balaban J connectivity index is 0.00000272. The lowest BCUT2D eigenvalue weighted by Gasteiger charge is -2.35. The Morgan fingerprint density at radius 1 is 1.03 bits per heavy atom. The Kier molecular flexibility index (Phi) is 7.10. The first kappa shape index (κ1) is 23.3. The Morgan fingerprint density at radius 3 is 2.29 bits per heavy atom. The topological polar surface area (TPSA) is 88.5 Å². The molecule has 2 aromatic heterocycles. The van der Waals surface area contributed by atoms with E-state index in [1.807, 2.05) is 28.8 Å². The van der Waals surface area contributed by atoms with Crippen LogP contribution in [0.4, 0.5) is 5.95 Å². The van der Waals surface area contributed by atoms with Gasteiger partial charge in [0.1, 0.15) is 0 Å². The number of hydrogen-bond acceptors (Lipinski definition) is 6. The summed E-state index contributed by atoms with van der Waals surface area (Å²) in [6.45, 7) is 4.24. The molecule has 1 aromatic carbocycles. The van der Waals surface area contributed by atoms with Gasteiger partial charge in [0, 0.05) is 51.8 Å². The van der Waals surface area contributed by atoms with Gasteiger partial charge in [-0.3, -0.25) is 23.4 Å². The van der Waals surface area contributed by atoms with E-state index in [0.29, 0.717) is 35.2 Å². The third-order valence-corrected chi connectivity index (χ3v) is 5.91. The zero-order chi connectivity index (χ0) is 21.4. The molecule has 0 bridgehead atoms. The van der Waals surface area contributed by atoms with Crippen molar-refractivity contribution >= 4 is 41.1 Å². The number of anilines is 1. The first-order valence-electron chi connectivity index (χ1n) is 9.89. The smallest absolute Gasteiger partial charge is 0.332 e. The van der Waals surface area contributed by atoms with E-state index in [9.17, 15) is 14.7 Å². The Hall–Kier alpha value is -2.33. The molecule has 31 heavy (non-hydrogen) atoms. The summed E-state index contributed by atoms with van der Waals surface area (Å²) in [5.74, 6) is 0.668. The van der Waals surface area contributed by atoms with Gasteiger partial charge in [0.05, 0.1) is 13.2 Å². The largest absolute Gasteiger partial charge is 0.395 e. The summed E-state index contributed by atoms with van der Waals surface area (Å²) in [7, 11) is 3.11. The molecule has 1 saturated heterocycles. The van der Waals surface area contributed by atoms with E-state index in [-0.39, 0.29) is 24.6 Å². The van der Waals surface area contributed by atoms with Crippen LogP contribution in [0, 0.1) is 0 Å². The van der Waals surface area contributed by atoms with Crippen molar-refractivity contribution in [1.82, 2.24) is 23.6 Å². The van der Waals surface area contributed by atoms with Crippen molar-refractivity contribution in [2.45, 2.75) is 6.54 Å². The number of β-amino-alcohol motifs (C(OH)–C–C–N with tert-alkyl or cyclic N) is 1. The first-order chi connectivity index (χ1) is 14.4. The van der Waals surface area contributed by atoms with Crippen LogP contribution in [0.15, 0.2) is 33.9 Å². The van der Waals surface area contributed by atoms with Gasteiger partial charge in [-0.1, -0.05) is 23.7 Å². The number of aromatic nitrogens is 4. The number of hydrogen-bond donors (Lipinski definition) is 1. The predicted octanol–water partition coefficient (Wildman–Crippen LogP) is 0.671. The second-order valence-corrected chi connectivity index (χ2v) is 7.99. The van der Waals surface area contributed by atoms with Crippen molar-refractivity contribution in [3.63, 3.8) is 0 Å². The van der Waals surface area contributed by atoms with Crippen molar-refractivity contribution in [2.75, 3.05) is 44.2 Å². The van der Waals surface area contributed by atoms with Crippen LogP contribution in [-0.4, -0.2) is 68.0 Å². The molecule has 1 aliphatic rings. The minimum atomic E-state index is -0.400. The van der Waals surface area contributed by atoms with Gasteiger partial charge in [-0.25, -0.2) is 4.79 Å². The molecule has 0 atom stereocenters. The molecular formula is C20H26Cl2N6O3. The van der Waals surface area contributed by atoms with Gasteiger partial charge < -0.3 is 10.0 Å². The minimum absolute atomic E-state index is 0. The van der Waals surface area contributed by atoms with E-state index in [1.54, 1.807) is 7.05 Å². The van der Waals surface area contributed by atoms with Crippen molar-refractivity contribution in [1.29, 1.82) is 0 Å². The number of aliphatic hydroxyl groups is 1.